The molecule has 116 valence electrons. The van der Waals surface area contributed by atoms with E-state index in [1.165, 1.54) is 0 Å². The minimum atomic E-state index is -0.0357. The Balaban J connectivity index is 1.45. The van der Waals surface area contributed by atoms with Crippen molar-refractivity contribution in [3.63, 3.8) is 0 Å². The normalized spacial score (nSPS) is 30.9. The van der Waals surface area contributed by atoms with E-state index in [1.807, 2.05) is 40.1 Å². The third kappa shape index (κ3) is 2.20. The Morgan fingerprint density at radius 2 is 1.95 bits per heavy atom. The van der Waals surface area contributed by atoms with E-state index in [0.717, 1.165) is 18.7 Å². The molecule has 0 saturated carbocycles. The van der Waals surface area contributed by atoms with Crippen LogP contribution in [-0.2, 0) is 14.3 Å². The number of amides is 2. The molecule has 1 aromatic rings. The van der Waals surface area contributed by atoms with E-state index in [1.54, 1.807) is 0 Å². The minimum absolute atomic E-state index is 0.000782. The van der Waals surface area contributed by atoms with E-state index < -0.39 is 0 Å². The highest BCUT2D eigenvalue weighted by Gasteiger charge is 2.48. The molecule has 3 fully saturated rings. The Bertz CT molecular complexity index is 583. The van der Waals surface area contributed by atoms with Gasteiger partial charge in [-0.2, -0.15) is 0 Å². The van der Waals surface area contributed by atoms with Gasteiger partial charge in [0, 0.05) is 37.8 Å². The standard InChI is InChI=1S/C17H20N2O3/c20-16(12-6-7-22-11-12)18-8-13-9-19(17(21)15(13)10-18)14-4-2-1-3-5-14/h1-5,12-13,15H,6-11H2/t12?,13-,15-/m0/s1. The van der Waals surface area contributed by atoms with Crippen LogP contribution in [0.3, 0.4) is 0 Å². The first-order valence-electron chi connectivity index (χ1n) is 7.97. The second kappa shape index (κ2) is 5.39. The van der Waals surface area contributed by atoms with E-state index in [0.29, 0.717) is 26.3 Å². The quantitative estimate of drug-likeness (QED) is 0.823. The first-order chi connectivity index (χ1) is 10.7. The molecular weight excluding hydrogens is 280 g/mol. The number of nitrogens with zero attached hydrogens (tertiary/aromatic N) is 2. The molecule has 0 aliphatic carbocycles. The number of carbonyl (C=O) groups is 2. The number of fused-ring (bicyclic) bond motifs is 1. The summed E-state index contributed by atoms with van der Waals surface area (Å²) in [5, 5.41) is 0. The topological polar surface area (TPSA) is 49.9 Å². The van der Waals surface area contributed by atoms with Crippen molar-refractivity contribution < 1.29 is 14.3 Å². The number of hydrogen-bond acceptors (Lipinski definition) is 3. The zero-order chi connectivity index (χ0) is 15.1. The van der Waals surface area contributed by atoms with E-state index >= 15 is 0 Å². The third-order valence-corrected chi connectivity index (χ3v) is 5.10. The van der Waals surface area contributed by atoms with Crippen LogP contribution in [0.1, 0.15) is 6.42 Å². The number of likely N-dealkylation sites (tertiary alicyclic amines) is 1. The maximum atomic E-state index is 12.6. The van der Waals surface area contributed by atoms with Gasteiger partial charge in [0.1, 0.15) is 0 Å². The summed E-state index contributed by atoms with van der Waals surface area (Å²) in [6.45, 7) is 3.21. The fraction of sp³-hybridized carbons (Fsp3) is 0.529. The molecule has 0 radical (unpaired) electrons. The Kier molecular flexibility index (Phi) is 3.37. The summed E-state index contributed by atoms with van der Waals surface area (Å²) in [5.74, 6) is 0.560. The summed E-state index contributed by atoms with van der Waals surface area (Å²) < 4.78 is 5.31. The molecule has 3 saturated heterocycles. The molecule has 3 aliphatic rings. The van der Waals surface area contributed by atoms with E-state index in [9.17, 15) is 9.59 Å². The number of rotatable bonds is 2. The average Bonchev–Trinajstić information content (AvgIpc) is 3.25. The van der Waals surface area contributed by atoms with Crippen LogP contribution in [-0.4, -0.2) is 49.6 Å². The second-order valence-corrected chi connectivity index (χ2v) is 6.45. The number of para-hydroxylation sites is 1. The Morgan fingerprint density at radius 3 is 2.64 bits per heavy atom. The van der Waals surface area contributed by atoms with Crippen molar-refractivity contribution in [1.29, 1.82) is 0 Å². The predicted octanol–water partition coefficient (Wildman–Crippen LogP) is 1.14. The van der Waals surface area contributed by atoms with Gasteiger partial charge in [-0.25, -0.2) is 0 Å². The highest BCUT2D eigenvalue weighted by molar-refractivity contribution is 5.98. The molecule has 5 nitrogen and oxygen atoms in total. The molecule has 3 aliphatic heterocycles. The lowest BCUT2D eigenvalue weighted by Gasteiger charge is -2.23. The molecule has 0 spiro atoms. The summed E-state index contributed by atoms with van der Waals surface area (Å²) in [6, 6.07) is 9.80. The SMILES string of the molecule is O=C(C1CCOC1)N1C[C@H]2CN(c3ccccc3)C(=O)[C@H]2C1. The van der Waals surface area contributed by atoms with Gasteiger partial charge in [0.15, 0.2) is 0 Å². The molecule has 0 N–H and O–H groups in total. The van der Waals surface area contributed by atoms with Crippen LogP contribution in [0.2, 0.25) is 0 Å². The van der Waals surface area contributed by atoms with Gasteiger partial charge in [0.25, 0.3) is 0 Å². The van der Waals surface area contributed by atoms with E-state index in [2.05, 4.69) is 0 Å². The number of hydrogen-bond donors (Lipinski definition) is 0. The number of carbonyl (C=O) groups excluding carboxylic acids is 2. The van der Waals surface area contributed by atoms with Gasteiger partial charge in [-0.05, 0) is 18.6 Å². The first kappa shape index (κ1) is 13.8. The van der Waals surface area contributed by atoms with Crippen LogP contribution < -0.4 is 4.90 Å². The van der Waals surface area contributed by atoms with Crippen LogP contribution in [0.15, 0.2) is 30.3 Å². The van der Waals surface area contributed by atoms with Crippen LogP contribution in [0, 0.1) is 17.8 Å². The molecule has 1 aromatic carbocycles. The van der Waals surface area contributed by atoms with Crippen molar-refractivity contribution in [2.24, 2.45) is 17.8 Å². The lowest BCUT2D eigenvalue weighted by atomic mass is 10.0. The second-order valence-electron chi connectivity index (χ2n) is 6.45. The number of ether oxygens (including phenoxy) is 1. The van der Waals surface area contributed by atoms with Gasteiger partial charge in [0.05, 0.1) is 18.4 Å². The van der Waals surface area contributed by atoms with Crippen molar-refractivity contribution in [3.8, 4) is 0 Å². The first-order valence-corrected chi connectivity index (χ1v) is 7.97. The minimum Gasteiger partial charge on any atom is -0.381 e. The van der Waals surface area contributed by atoms with Crippen LogP contribution in [0.25, 0.3) is 0 Å². The van der Waals surface area contributed by atoms with Gasteiger partial charge in [-0.3, -0.25) is 9.59 Å². The zero-order valence-corrected chi connectivity index (χ0v) is 12.5. The van der Waals surface area contributed by atoms with Crippen LogP contribution in [0.5, 0.6) is 0 Å². The smallest absolute Gasteiger partial charge is 0.232 e. The maximum absolute atomic E-state index is 12.6. The predicted molar refractivity (Wildman–Crippen MR) is 81.3 cm³/mol. The maximum Gasteiger partial charge on any atom is 0.232 e. The molecular formula is C17H20N2O3. The highest BCUT2D eigenvalue weighted by atomic mass is 16.5. The molecule has 4 rings (SSSR count). The molecule has 1 unspecified atom stereocenters. The van der Waals surface area contributed by atoms with Crippen molar-refractivity contribution in [2.45, 2.75) is 6.42 Å². The van der Waals surface area contributed by atoms with Crippen LogP contribution in [0.4, 0.5) is 5.69 Å². The molecule has 3 atom stereocenters. The lowest BCUT2D eigenvalue weighted by molar-refractivity contribution is -0.134. The van der Waals surface area contributed by atoms with Crippen molar-refractivity contribution >= 4 is 17.5 Å². The largest absolute Gasteiger partial charge is 0.381 e. The fourth-order valence-corrected chi connectivity index (χ4v) is 3.87. The lowest BCUT2D eigenvalue weighted by Crippen LogP contribution is -2.38. The molecule has 0 bridgehead atoms. The Labute approximate surface area is 129 Å². The van der Waals surface area contributed by atoms with Gasteiger partial charge >= 0.3 is 0 Å². The fourth-order valence-electron chi connectivity index (χ4n) is 3.87. The summed E-state index contributed by atoms with van der Waals surface area (Å²) >= 11 is 0. The average molecular weight is 300 g/mol. The van der Waals surface area contributed by atoms with Gasteiger partial charge in [-0.1, -0.05) is 18.2 Å². The third-order valence-electron chi connectivity index (χ3n) is 5.10. The Morgan fingerprint density at radius 1 is 1.14 bits per heavy atom. The summed E-state index contributed by atoms with van der Waals surface area (Å²) in [4.78, 5) is 28.9. The van der Waals surface area contributed by atoms with Gasteiger partial charge in [0.2, 0.25) is 11.8 Å². The van der Waals surface area contributed by atoms with E-state index in [-0.39, 0.29) is 29.6 Å². The number of benzene rings is 1. The van der Waals surface area contributed by atoms with Crippen LogP contribution >= 0.6 is 0 Å². The van der Waals surface area contributed by atoms with Crippen molar-refractivity contribution in [1.82, 2.24) is 4.90 Å². The van der Waals surface area contributed by atoms with Gasteiger partial charge < -0.3 is 14.5 Å². The van der Waals surface area contributed by atoms with Crippen molar-refractivity contribution in [3.05, 3.63) is 30.3 Å². The molecule has 3 heterocycles. The zero-order valence-electron chi connectivity index (χ0n) is 12.5. The van der Waals surface area contributed by atoms with E-state index in [4.69, 9.17) is 4.74 Å². The summed E-state index contributed by atoms with van der Waals surface area (Å²) in [6.07, 6.45) is 0.814. The molecule has 5 heteroatoms. The van der Waals surface area contributed by atoms with Gasteiger partial charge in [-0.15, -0.1) is 0 Å². The Hall–Kier alpha value is -1.88. The molecule has 0 aromatic heterocycles. The highest BCUT2D eigenvalue weighted by Crippen LogP contribution is 2.36. The summed E-state index contributed by atoms with van der Waals surface area (Å²) in [5.41, 5.74) is 0.962. The monoisotopic (exact) mass is 300 g/mol. The summed E-state index contributed by atoms with van der Waals surface area (Å²) in [7, 11) is 0. The number of anilines is 1. The molecule has 2 amide bonds. The van der Waals surface area contributed by atoms with Crippen molar-refractivity contribution in [2.75, 3.05) is 37.7 Å². The molecule has 22 heavy (non-hydrogen) atoms.